The summed E-state index contributed by atoms with van der Waals surface area (Å²) in [7, 11) is 3.56. The maximum absolute atomic E-state index is 5.75. The van der Waals surface area contributed by atoms with Crippen LogP contribution >= 0.6 is 0 Å². The van der Waals surface area contributed by atoms with E-state index in [4.69, 9.17) is 9.47 Å². The molecule has 0 amide bonds. The normalized spacial score (nSPS) is 9.35. The lowest BCUT2D eigenvalue weighted by atomic mass is 10.2. The predicted molar refractivity (Wildman–Crippen MR) is 69.3 cm³/mol. The number of ether oxygens (including phenoxy) is 2. The summed E-state index contributed by atoms with van der Waals surface area (Å²) in [5.41, 5.74) is 1.09. The van der Waals surface area contributed by atoms with Gasteiger partial charge in [-0.2, -0.15) is 0 Å². The third-order valence-electron chi connectivity index (χ3n) is 2.30. The third-order valence-corrected chi connectivity index (χ3v) is 2.30. The molecule has 0 fully saturated rings. The molecule has 0 aromatic heterocycles. The van der Waals surface area contributed by atoms with E-state index in [0.29, 0.717) is 6.61 Å². The molecule has 0 saturated heterocycles. The minimum absolute atomic E-state index is 0.581. The average molecular weight is 233 g/mol. The van der Waals surface area contributed by atoms with Gasteiger partial charge in [-0.3, -0.25) is 0 Å². The number of para-hydroxylation sites is 1. The highest BCUT2D eigenvalue weighted by Crippen LogP contribution is 2.31. The Morgan fingerprint density at radius 3 is 2.82 bits per heavy atom. The van der Waals surface area contributed by atoms with Gasteiger partial charge in [-0.15, -0.1) is 11.8 Å². The number of hydrogen-bond donors (Lipinski definition) is 1. The molecular weight excluding hydrogens is 214 g/mol. The first-order chi connectivity index (χ1) is 8.33. The third kappa shape index (κ3) is 4.01. The molecule has 0 radical (unpaired) electrons. The lowest BCUT2D eigenvalue weighted by Crippen LogP contribution is -2.09. The van der Waals surface area contributed by atoms with Crippen LogP contribution in [-0.4, -0.2) is 20.8 Å². The summed E-state index contributed by atoms with van der Waals surface area (Å²) in [4.78, 5) is 0. The topological polar surface area (TPSA) is 30.5 Å². The molecule has 0 aliphatic carbocycles. The zero-order chi connectivity index (χ0) is 12.5. The van der Waals surface area contributed by atoms with Gasteiger partial charge in [0.2, 0.25) is 0 Å². The van der Waals surface area contributed by atoms with Crippen LogP contribution < -0.4 is 14.8 Å². The van der Waals surface area contributed by atoms with Crippen LogP contribution in [0.3, 0.4) is 0 Å². The Bertz CT molecular complexity index is 404. The molecular formula is C14H19NO2. The van der Waals surface area contributed by atoms with E-state index in [2.05, 4.69) is 17.2 Å². The van der Waals surface area contributed by atoms with E-state index in [1.54, 1.807) is 7.11 Å². The van der Waals surface area contributed by atoms with Gasteiger partial charge in [0.1, 0.15) is 0 Å². The van der Waals surface area contributed by atoms with E-state index in [1.165, 1.54) is 0 Å². The Hall–Kier alpha value is -1.66. The van der Waals surface area contributed by atoms with E-state index in [-0.39, 0.29) is 0 Å². The van der Waals surface area contributed by atoms with Crippen molar-refractivity contribution in [3.05, 3.63) is 23.8 Å². The Kier molecular flexibility index (Phi) is 5.98. The Morgan fingerprint density at radius 1 is 1.35 bits per heavy atom. The molecule has 0 atom stereocenters. The molecule has 1 N–H and O–H groups in total. The monoisotopic (exact) mass is 233 g/mol. The summed E-state index contributed by atoms with van der Waals surface area (Å²) >= 11 is 0. The number of hydrogen-bond acceptors (Lipinski definition) is 3. The second kappa shape index (κ2) is 7.59. The molecule has 1 aromatic rings. The van der Waals surface area contributed by atoms with E-state index in [9.17, 15) is 0 Å². The standard InChI is InChI=1S/C14H19NO2/c1-4-5-6-10-17-14-12(11-15-2)8-7-9-13(14)16-3/h7-9,15H,6,10-11H2,1-3H3. The summed E-state index contributed by atoms with van der Waals surface area (Å²) in [6, 6.07) is 5.89. The molecule has 0 unspecified atom stereocenters. The Balaban J connectivity index is 2.79. The van der Waals surface area contributed by atoms with E-state index in [1.807, 2.05) is 32.2 Å². The van der Waals surface area contributed by atoms with Gasteiger partial charge in [0.25, 0.3) is 0 Å². The largest absolute Gasteiger partial charge is 0.493 e. The van der Waals surface area contributed by atoms with Crippen molar-refractivity contribution in [2.45, 2.75) is 19.9 Å². The van der Waals surface area contributed by atoms with E-state index >= 15 is 0 Å². The highest BCUT2D eigenvalue weighted by molar-refractivity contribution is 5.46. The summed E-state index contributed by atoms with van der Waals surface area (Å²) < 4.78 is 11.0. The van der Waals surface area contributed by atoms with Gasteiger partial charge in [0.15, 0.2) is 11.5 Å². The lowest BCUT2D eigenvalue weighted by Gasteiger charge is -2.14. The maximum atomic E-state index is 5.75. The molecule has 0 aliphatic heterocycles. The van der Waals surface area contributed by atoms with Crippen molar-refractivity contribution in [3.63, 3.8) is 0 Å². The first-order valence-electron chi connectivity index (χ1n) is 5.66. The quantitative estimate of drug-likeness (QED) is 0.603. The molecule has 0 saturated carbocycles. The molecule has 17 heavy (non-hydrogen) atoms. The molecule has 0 bridgehead atoms. The summed E-state index contributed by atoms with van der Waals surface area (Å²) in [6.07, 6.45) is 0.730. The summed E-state index contributed by atoms with van der Waals surface area (Å²) in [6.45, 7) is 3.17. The van der Waals surface area contributed by atoms with E-state index in [0.717, 1.165) is 30.0 Å². The minimum Gasteiger partial charge on any atom is -0.493 e. The van der Waals surface area contributed by atoms with Crippen molar-refractivity contribution in [3.8, 4) is 23.3 Å². The molecule has 0 heterocycles. The number of rotatable bonds is 6. The minimum atomic E-state index is 0.581. The van der Waals surface area contributed by atoms with Crippen molar-refractivity contribution in [2.24, 2.45) is 0 Å². The van der Waals surface area contributed by atoms with Crippen molar-refractivity contribution in [2.75, 3.05) is 20.8 Å². The van der Waals surface area contributed by atoms with Crippen LogP contribution in [0.15, 0.2) is 18.2 Å². The van der Waals surface area contributed by atoms with Crippen molar-refractivity contribution in [1.82, 2.24) is 5.32 Å². The maximum Gasteiger partial charge on any atom is 0.165 e. The van der Waals surface area contributed by atoms with Crippen LogP contribution in [0, 0.1) is 11.8 Å². The highest BCUT2D eigenvalue weighted by Gasteiger charge is 2.09. The van der Waals surface area contributed by atoms with Crippen LogP contribution in [-0.2, 0) is 6.54 Å². The number of methoxy groups -OCH3 is 1. The number of benzene rings is 1. The number of nitrogens with one attached hydrogen (secondary N) is 1. The molecule has 1 rings (SSSR count). The van der Waals surface area contributed by atoms with Crippen molar-refractivity contribution >= 4 is 0 Å². The van der Waals surface area contributed by atoms with Crippen molar-refractivity contribution in [1.29, 1.82) is 0 Å². The Labute approximate surface area is 103 Å². The van der Waals surface area contributed by atoms with E-state index < -0.39 is 0 Å². The van der Waals surface area contributed by atoms with Crippen LogP contribution in [0.1, 0.15) is 18.9 Å². The van der Waals surface area contributed by atoms with Gasteiger partial charge in [0, 0.05) is 18.5 Å². The first-order valence-corrected chi connectivity index (χ1v) is 5.66. The SMILES string of the molecule is CC#CCCOc1c(CNC)cccc1OC. The van der Waals surface area contributed by atoms with Gasteiger partial charge >= 0.3 is 0 Å². The fourth-order valence-corrected chi connectivity index (χ4v) is 1.54. The summed E-state index contributed by atoms with van der Waals surface area (Å²) in [5, 5.41) is 3.11. The summed E-state index contributed by atoms with van der Waals surface area (Å²) in [5.74, 6) is 7.40. The van der Waals surface area contributed by atoms with Crippen LogP contribution in [0.4, 0.5) is 0 Å². The van der Waals surface area contributed by atoms with Gasteiger partial charge < -0.3 is 14.8 Å². The van der Waals surface area contributed by atoms with Crippen molar-refractivity contribution < 1.29 is 9.47 Å². The second-order valence-electron chi connectivity index (χ2n) is 3.50. The average Bonchev–Trinajstić information content (AvgIpc) is 2.36. The first kappa shape index (κ1) is 13.4. The van der Waals surface area contributed by atoms with Crippen LogP contribution in [0.25, 0.3) is 0 Å². The predicted octanol–water partition coefficient (Wildman–Crippen LogP) is 2.21. The molecule has 3 nitrogen and oxygen atoms in total. The van der Waals surface area contributed by atoms with Gasteiger partial charge in [-0.25, -0.2) is 0 Å². The smallest absolute Gasteiger partial charge is 0.165 e. The molecule has 92 valence electrons. The fraction of sp³-hybridized carbons (Fsp3) is 0.429. The highest BCUT2D eigenvalue weighted by atomic mass is 16.5. The van der Waals surface area contributed by atoms with Crippen LogP contribution in [0.5, 0.6) is 11.5 Å². The van der Waals surface area contributed by atoms with Gasteiger partial charge in [-0.05, 0) is 20.0 Å². The van der Waals surface area contributed by atoms with Gasteiger partial charge in [-0.1, -0.05) is 12.1 Å². The van der Waals surface area contributed by atoms with Crippen LogP contribution in [0.2, 0.25) is 0 Å². The molecule has 0 spiro atoms. The fourth-order valence-electron chi connectivity index (χ4n) is 1.54. The molecule has 0 aliphatic rings. The molecule has 1 aromatic carbocycles. The zero-order valence-corrected chi connectivity index (χ0v) is 10.7. The lowest BCUT2D eigenvalue weighted by molar-refractivity contribution is 0.298. The molecule has 3 heteroatoms. The van der Waals surface area contributed by atoms with Gasteiger partial charge in [0.05, 0.1) is 13.7 Å². The second-order valence-corrected chi connectivity index (χ2v) is 3.50. The zero-order valence-electron chi connectivity index (χ0n) is 10.7. The Morgan fingerprint density at radius 2 is 2.18 bits per heavy atom.